The Morgan fingerprint density at radius 1 is 0.861 bits per heavy atom. The summed E-state index contributed by atoms with van der Waals surface area (Å²) in [6, 6.07) is 11.1. The van der Waals surface area contributed by atoms with Gasteiger partial charge in [-0.3, -0.25) is 4.90 Å². The number of hydrogen-bond donors (Lipinski definition) is 1. The van der Waals surface area contributed by atoms with E-state index in [2.05, 4.69) is 4.90 Å². The topological polar surface area (TPSA) is 41.9 Å². The first-order chi connectivity index (χ1) is 17.3. The number of benzene rings is 3. The van der Waals surface area contributed by atoms with Gasteiger partial charge in [-0.25, -0.2) is 22.0 Å². The van der Waals surface area contributed by atoms with Crippen LogP contribution in [0.25, 0.3) is 0 Å². The molecule has 2 atom stereocenters. The van der Waals surface area contributed by atoms with Gasteiger partial charge >= 0.3 is 0 Å². The summed E-state index contributed by atoms with van der Waals surface area (Å²) in [5.74, 6) is -11.3. The number of rotatable bonds is 6. The zero-order valence-electron chi connectivity index (χ0n) is 19.2. The highest BCUT2D eigenvalue weighted by Crippen LogP contribution is 2.48. The summed E-state index contributed by atoms with van der Waals surface area (Å²) >= 11 is 0. The third kappa shape index (κ3) is 4.48. The first-order valence-electron chi connectivity index (χ1n) is 11.8. The minimum atomic E-state index is -2.21. The number of fused-ring (bicyclic) bond motifs is 1. The summed E-state index contributed by atoms with van der Waals surface area (Å²) in [6.07, 6.45) is 2.36. The fraction of sp³-hybridized carbons (Fsp3) is 0.333. The van der Waals surface area contributed by atoms with Crippen LogP contribution in [0.1, 0.15) is 41.4 Å². The van der Waals surface area contributed by atoms with E-state index in [1.807, 2.05) is 0 Å². The summed E-state index contributed by atoms with van der Waals surface area (Å²) < 4.78 is 82.9. The third-order valence-electron chi connectivity index (χ3n) is 6.88. The average molecular weight is 505 g/mol. The first-order valence-corrected chi connectivity index (χ1v) is 11.8. The van der Waals surface area contributed by atoms with Gasteiger partial charge in [0, 0.05) is 29.5 Å². The molecule has 2 aliphatic heterocycles. The molecule has 3 aromatic rings. The predicted molar refractivity (Wildman–Crippen MR) is 122 cm³/mol. The van der Waals surface area contributed by atoms with Crippen LogP contribution in [0.5, 0.6) is 17.2 Å². The molecule has 1 fully saturated rings. The van der Waals surface area contributed by atoms with E-state index in [9.17, 15) is 27.1 Å². The minimum Gasteiger partial charge on any atom is -0.508 e. The summed E-state index contributed by atoms with van der Waals surface area (Å²) in [5.41, 5.74) is -0.0276. The largest absolute Gasteiger partial charge is 0.508 e. The quantitative estimate of drug-likeness (QED) is 0.259. The molecule has 9 heteroatoms. The molecule has 0 saturated carbocycles. The second kappa shape index (κ2) is 9.97. The van der Waals surface area contributed by atoms with E-state index in [1.54, 1.807) is 24.3 Å². The van der Waals surface area contributed by atoms with Crippen LogP contribution in [0, 0.1) is 29.1 Å². The molecule has 1 saturated heterocycles. The predicted octanol–water partition coefficient (Wildman–Crippen LogP) is 5.87. The molecule has 0 bridgehead atoms. The number of aromatic hydroxyl groups is 1. The molecule has 2 aliphatic rings. The molecule has 0 unspecified atom stereocenters. The second-order valence-electron chi connectivity index (χ2n) is 9.07. The van der Waals surface area contributed by atoms with Gasteiger partial charge in [-0.2, -0.15) is 0 Å². The van der Waals surface area contributed by atoms with Crippen molar-refractivity contribution in [2.24, 2.45) is 0 Å². The van der Waals surface area contributed by atoms with Gasteiger partial charge < -0.3 is 14.6 Å². The molecule has 0 amide bonds. The number of halogens is 5. The van der Waals surface area contributed by atoms with Gasteiger partial charge in [0.15, 0.2) is 23.3 Å². The van der Waals surface area contributed by atoms with E-state index in [4.69, 9.17) is 9.47 Å². The van der Waals surface area contributed by atoms with E-state index >= 15 is 0 Å². The highest BCUT2D eigenvalue weighted by Gasteiger charge is 2.40. The highest BCUT2D eigenvalue weighted by atomic mass is 19.2. The number of phenols is 1. The fourth-order valence-electron chi connectivity index (χ4n) is 5.08. The molecular weight excluding hydrogens is 481 g/mol. The van der Waals surface area contributed by atoms with E-state index in [-0.39, 0.29) is 12.4 Å². The zero-order valence-corrected chi connectivity index (χ0v) is 19.2. The average Bonchev–Trinajstić information content (AvgIpc) is 3.40. The number of phenolic OH excluding ortho intramolecular Hbond substituents is 1. The van der Waals surface area contributed by atoms with Crippen molar-refractivity contribution in [3.05, 3.63) is 88.2 Å². The molecule has 3 aromatic carbocycles. The Morgan fingerprint density at radius 3 is 2.17 bits per heavy atom. The maximum absolute atomic E-state index is 14.8. The lowest BCUT2D eigenvalue weighted by atomic mass is 9.75. The van der Waals surface area contributed by atoms with Gasteiger partial charge in [0.05, 0.1) is 6.61 Å². The molecule has 1 N–H and O–H groups in total. The number of ether oxygens (including phenoxy) is 2. The number of likely N-dealkylation sites (tertiary alicyclic amines) is 1. The van der Waals surface area contributed by atoms with Crippen molar-refractivity contribution in [3.8, 4) is 17.2 Å². The Morgan fingerprint density at radius 2 is 1.50 bits per heavy atom. The molecule has 190 valence electrons. The van der Waals surface area contributed by atoms with Crippen molar-refractivity contribution in [2.75, 3.05) is 32.8 Å². The van der Waals surface area contributed by atoms with Crippen LogP contribution >= 0.6 is 0 Å². The standard InChI is InChI=1S/C27H24F5NO3/c28-23-22(24(29)26(31)27(32)25(23)30)19-14-36-20-8-5-16(34)13-18(20)21(19)15-3-6-17(7-4-15)35-12-11-33-9-1-2-10-33/h3-8,13,19,21,34H,1-2,9-12,14H2/t19-,21+/m0/s1. The molecule has 0 aliphatic carbocycles. The van der Waals surface area contributed by atoms with Gasteiger partial charge in [-0.05, 0) is 61.8 Å². The lowest BCUT2D eigenvalue weighted by Gasteiger charge is -2.35. The minimum absolute atomic E-state index is 0.123. The van der Waals surface area contributed by atoms with Gasteiger partial charge in [0.25, 0.3) is 0 Å². The van der Waals surface area contributed by atoms with Crippen LogP contribution in [-0.4, -0.2) is 42.9 Å². The second-order valence-corrected chi connectivity index (χ2v) is 9.07. The third-order valence-corrected chi connectivity index (χ3v) is 6.88. The summed E-state index contributed by atoms with van der Waals surface area (Å²) in [4.78, 5) is 2.31. The van der Waals surface area contributed by atoms with E-state index in [1.165, 1.54) is 31.0 Å². The molecule has 5 rings (SSSR count). The molecule has 2 heterocycles. The van der Waals surface area contributed by atoms with Crippen LogP contribution < -0.4 is 9.47 Å². The SMILES string of the molecule is Oc1ccc2c(c1)[C@@H](c1ccc(OCCN3CCCC3)cc1)[C@@H](c1c(F)c(F)c(F)c(F)c1F)CO2. The van der Waals surface area contributed by atoms with Crippen molar-refractivity contribution < 1.29 is 36.5 Å². The van der Waals surface area contributed by atoms with Crippen molar-refractivity contribution in [2.45, 2.75) is 24.7 Å². The molecule has 36 heavy (non-hydrogen) atoms. The lowest BCUT2D eigenvalue weighted by molar-refractivity contribution is 0.235. The maximum atomic E-state index is 14.8. The Labute approximate surface area is 204 Å². The van der Waals surface area contributed by atoms with Crippen LogP contribution in [0.2, 0.25) is 0 Å². The molecule has 0 radical (unpaired) electrons. The first kappa shape index (κ1) is 24.4. The maximum Gasteiger partial charge on any atom is 0.200 e. The lowest BCUT2D eigenvalue weighted by Crippen LogP contribution is -2.28. The Bertz CT molecular complexity index is 1230. The Kier molecular flexibility index (Phi) is 6.75. The van der Waals surface area contributed by atoms with Crippen LogP contribution in [0.3, 0.4) is 0 Å². The summed E-state index contributed by atoms with van der Waals surface area (Å²) in [7, 11) is 0. The number of hydrogen-bond acceptors (Lipinski definition) is 4. The smallest absolute Gasteiger partial charge is 0.200 e. The normalized spacial score (nSPS) is 19.7. The molecule has 0 spiro atoms. The Balaban J connectivity index is 1.50. The molecule has 4 nitrogen and oxygen atoms in total. The van der Waals surface area contributed by atoms with E-state index in [0.29, 0.717) is 29.2 Å². The number of nitrogens with zero attached hydrogens (tertiary/aromatic N) is 1. The van der Waals surface area contributed by atoms with Crippen molar-refractivity contribution in [1.82, 2.24) is 4.90 Å². The molecule has 0 aromatic heterocycles. The summed E-state index contributed by atoms with van der Waals surface area (Å²) in [5, 5.41) is 10.1. The zero-order chi connectivity index (χ0) is 25.4. The van der Waals surface area contributed by atoms with Gasteiger partial charge in [0.1, 0.15) is 23.9 Å². The fourth-order valence-corrected chi connectivity index (χ4v) is 5.08. The van der Waals surface area contributed by atoms with Crippen LogP contribution in [-0.2, 0) is 0 Å². The molecular formula is C27H24F5NO3. The van der Waals surface area contributed by atoms with Crippen LogP contribution in [0.15, 0.2) is 42.5 Å². The van der Waals surface area contributed by atoms with E-state index < -0.39 is 46.5 Å². The van der Waals surface area contributed by atoms with Gasteiger partial charge in [-0.1, -0.05) is 12.1 Å². The van der Waals surface area contributed by atoms with Crippen molar-refractivity contribution in [1.29, 1.82) is 0 Å². The van der Waals surface area contributed by atoms with Crippen molar-refractivity contribution in [3.63, 3.8) is 0 Å². The Hall–Kier alpha value is -3.33. The van der Waals surface area contributed by atoms with E-state index in [0.717, 1.165) is 19.6 Å². The van der Waals surface area contributed by atoms with Crippen LogP contribution in [0.4, 0.5) is 22.0 Å². The summed E-state index contributed by atoms with van der Waals surface area (Å²) in [6.45, 7) is 3.08. The van der Waals surface area contributed by atoms with Gasteiger partial charge in [0.2, 0.25) is 5.82 Å². The highest BCUT2D eigenvalue weighted by molar-refractivity contribution is 5.51. The van der Waals surface area contributed by atoms with Gasteiger partial charge in [-0.15, -0.1) is 0 Å². The van der Waals surface area contributed by atoms with Crippen molar-refractivity contribution >= 4 is 0 Å². The monoisotopic (exact) mass is 505 g/mol.